The average molecular weight is 407 g/mol. The van der Waals surface area contributed by atoms with E-state index in [2.05, 4.69) is 5.32 Å². The second-order valence-corrected chi connectivity index (χ2v) is 7.83. The molecule has 0 bridgehead atoms. The Morgan fingerprint density at radius 1 is 1.19 bits per heavy atom. The standard InChI is InChI=1S/C20H20Cl2N2O3/c1-20(2,14-6-7-16(21)17(22)11-14)12-23-18(25)13-4-3-5-15(10-13)24-8-9-27-19(24)26/h3-7,10-11H,8-9,12H2,1-2H3,(H,23,25). The first-order valence-corrected chi connectivity index (χ1v) is 9.31. The Kier molecular flexibility index (Phi) is 5.63. The van der Waals surface area contributed by atoms with E-state index in [4.69, 9.17) is 27.9 Å². The molecule has 1 aliphatic rings. The van der Waals surface area contributed by atoms with Crippen molar-refractivity contribution in [3.8, 4) is 0 Å². The van der Waals surface area contributed by atoms with Crippen molar-refractivity contribution in [2.45, 2.75) is 19.3 Å². The van der Waals surface area contributed by atoms with Gasteiger partial charge in [-0.3, -0.25) is 9.69 Å². The summed E-state index contributed by atoms with van der Waals surface area (Å²) < 4.78 is 4.95. The van der Waals surface area contributed by atoms with Crippen LogP contribution in [0.3, 0.4) is 0 Å². The van der Waals surface area contributed by atoms with Crippen LogP contribution in [0.1, 0.15) is 29.8 Å². The maximum atomic E-state index is 12.6. The highest BCUT2D eigenvalue weighted by Crippen LogP contribution is 2.29. The van der Waals surface area contributed by atoms with E-state index in [1.807, 2.05) is 26.0 Å². The molecule has 2 amide bonds. The van der Waals surface area contributed by atoms with Gasteiger partial charge in [-0.2, -0.15) is 0 Å². The SMILES string of the molecule is CC(C)(CNC(=O)c1cccc(N2CCOC2=O)c1)c1ccc(Cl)c(Cl)c1. The number of amides is 2. The number of halogens is 2. The molecule has 1 saturated heterocycles. The number of ether oxygens (including phenoxy) is 1. The summed E-state index contributed by atoms with van der Waals surface area (Å²) in [5.74, 6) is -0.211. The summed E-state index contributed by atoms with van der Waals surface area (Å²) in [5.41, 5.74) is 1.78. The number of nitrogens with zero attached hydrogens (tertiary/aromatic N) is 1. The molecule has 142 valence electrons. The van der Waals surface area contributed by atoms with Crippen LogP contribution in [0.25, 0.3) is 0 Å². The zero-order valence-corrected chi connectivity index (χ0v) is 16.6. The van der Waals surface area contributed by atoms with Crippen LogP contribution >= 0.6 is 23.2 Å². The van der Waals surface area contributed by atoms with Crippen molar-refractivity contribution in [1.29, 1.82) is 0 Å². The summed E-state index contributed by atoms with van der Waals surface area (Å²) in [5, 5.41) is 3.93. The minimum Gasteiger partial charge on any atom is -0.447 e. The molecule has 1 fully saturated rings. The van der Waals surface area contributed by atoms with Crippen LogP contribution in [0.2, 0.25) is 10.0 Å². The Bertz CT molecular complexity index is 883. The van der Waals surface area contributed by atoms with Gasteiger partial charge >= 0.3 is 6.09 Å². The minimum atomic E-state index is -0.395. The van der Waals surface area contributed by atoms with Gasteiger partial charge in [-0.15, -0.1) is 0 Å². The van der Waals surface area contributed by atoms with Gasteiger partial charge in [0.2, 0.25) is 0 Å². The molecule has 0 aliphatic carbocycles. The lowest BCUT2D eigenvalue weighted by Crippen LogP contribution is -2.36. The topological polar surface area (TPSA) is 58.6 Å². The highest BCUT2D eigenvalue weighted by molar-refractivity contribution is 6.42. The number of hydrogen-bond acceptors (Lipinski definition) is 3. The summed E-state index contributed by atoms with van der Waals surface area (Å²) in [7, 11) is 0. The van der Waals surface area contributed by atoms with Crippen LogP contribution < -0.4 is 10.2 Å². The largest absolute Gasteiger partial charge is 0.447 e. The van der Waals surface area contributed by atoms with Gasteiger partial charge in [0.1, 0.15) is 6.61 Å². The Labute approximate surface area is 168 Å². The zero-order chi connectivity index (χ0) is 19.6. The maximum absolute atomic E-state index is 12.6. The lowest BCUT2D eigenvalue weighted by atomic mass is 9.84. The van der Waals surface area contributed by atoms with Crippen molar-refractivity contribution < 1.29 is 14.3 Å². The van der Waals surface area contributed by atoms with E-state index in [1.54, 1.807) is 30.3 Å². The molecule has 0 saturated carbocycles. The van der Waals surface area contributed by atoms with E-state index in [-0.39, 0.29) is 11.3 Å². The van der Waals surface area contributed by atoms with Crippen molar-refractivity contribution >= 4 is 40.9 Å². The quantitative estimate of drug-likeness (QED) is 0.785. The molecule has 2 aromatic rings. The molecule has 0 aromatic heterocycles. The third-order valence-electron chi connectivity index (χ3n) is 4.57. The van der Waals surface area contributed by atoms with Crippen LogP contribution in [0.15, 0.2) is 42.5 Å². The number of cyclic esters (lactones) is 1. The fourth-order valence-corrected chi connectivity index (χ4v) is 3.16. The average Bonchev–Trinajstić information content (AvgIpc) is 3.08. The predicted molar refractivity (Wildman–Crippen MR) is 107 cm³/mol. The summed E-state index contributed by atoms with van der Waals surface area (Å²) >= 11 is 12.1. The number of rotatable bonds is 5. The van der Waals surface area contributed by atoms with E-state index in [0.29, 0.717) is 41.0 Å². The summed E-state index contributed by atoms with van der Waals surface area (Å²) in [6.45, 7) is 5.29. The Balaban J connectivity index is 1.70. The molecule has 1 heterocycles. The molecule has 5 nitrogen and oxygen atoms in total. The van der Waals surface area contributed by atoms with Gasteiger partial charge in [0.05, 0.1) is 16.6 Å². The monoisotopic (exact) mass is 406 g/mol. The van der Waals surface area contributed by atoms with Gasteiger partial charge in [-0.25, -0.2) is 4.79 Å². The molecule has 27 heavy (non-hydrogen) atoms. The van der Waals surface area contributed by atoms with E-state index in [0.717, 1.165) is 5.56 Å². The molecule has 0 radical (unpaired) electrons. The van der Waals surface area contributed by atoms with Gasteiger partial charge in [-0.1, -0.05) is 49.2 Å². The van der Waals surface area contributed by atoms with Crippen molar-refractivity contribution in [1.82, 2.24) is 5.32 Å². The normalized spacial score (nSPS) is 14.2. The maximum Gasteiger partial charge on any atom is 0.414 e. The smallest absolute Gasteiger partial charge is 0.414 e. The van der Waals surface area contributed by atoms with E-state index < -0.39 is 6.09 Å². The zero-order valence-electron chi connectivity index (χ0n) is 15.1. The van der Waals surface area contributed by atoms with Crippen LogP contribution in [0, 0.1) is 0 Å². The van der Waals surface area contributed by atoms with E-state index in [9.17, 15) is 9.59 Å². The fourth-order valence-electron chi connectivity index (χ4n) is 2.87. The highest BCUT2D eigenvalue weighted by Gasteiger charge is 2.25. The second-order valence-electron chi connectivity index (χ2n) is 7.01. The molecule has 7 heteroatoms. The van der Waals surface area contributed by atoms with Gasteiger partial charge in [0.15, 0.2) is 0 Å². The van der Waals surface area contributed by atoms with Crippen molar-refractivity contribution in [3.05, 3.63) is 63.6 Å². The van der Waals surface area contributed by atoms with Gasteiger partial charge in [0.25, 0.3) is 5.91 Å². The van der Waals surface area contributed by atoms with Crippen molar-refractivity contribution in [2.75, 3.05) is 24.6 Å². The van der Waals surface area contributed by atoms with Gasteiger partial charge in [0, 0.05) is 23.2 Å². The second kappa shape index (κ2) is 7.79. The molecule has 1 aliphatic heterocycles. The lowest BCUT2D eigenvalue weighted by Gasteiger charge is -2.26. The molecule has 0 spiro atoms. The van der Waals surface area contributed by atoms with E-state index in [1.165, 1.54) is 4.90 Å². The van der Waals surface area contributed by atoms with Crippen molar-refractivity contribution in [2.24, 2.45) is 0 Å². The Morgan fingerprint density at radius 3 is 2.63 bits per heavy atom. The Hall–Kier alpha value is -2.24. The third kappa shape index (κ3) is 4.37. The number of nitrogens with one attached hydrogen (secondary N) is 1. The Morgan fingerprint density at radius 2 is 1.96 bits per heavy atom. The molecule has 2 aromatic carbocycles. The number of carbonyl (C=O) groups excluding carboxylic acids is 2. The molecule has 1 N–H and O–H groups in total. The fraction of sp³-hybridized carbons (Fsp3) is 0.300. The van der Waals surface area contributed by atoms with Gasteiger partial charge < -0.3 is 10.1 Å². The van der Waals surface area contributed by atoms with Crippen LogP contribution in [0.5, 0.6) is 0 Å². The lowest BCUT2D eigenvalue weighted by molar-refractivity contribution is 0.0945. The molecule has 0 atom stereocenters. The summed E-state index contributed by atoms with van der Waals surface area (Å²) in [4.78, 5) is 25.8. The summed E-state index contributed by atoms with van der Waals surface area (Å²) in [6.07, 6.45) is -0.395. The molecular formula is C20H20Cl2N2O3. The number of benzene rings is 2. The predicted octanol–water partition coefficient (Wildman–Crippen LogP) is 4.66. The van der Waals surface area contributed by atoms with Crippen LogP contribution in [-0.4, -0.2) is 31.7 Å². The van der Waals surface area contributed by atoms with Crippen LogP contribution in [-0.2, 0) is 10.2 Å². The number of carbonyl (C=O) groups is 2. The first-order chi connectivity index (χ1) is 12.8. The number of anilines is 1. The first-order valence-electron chi connectivity index (χ1n) is 8.56. The highest BCUT2D eigenvalue weighted by atomic mass is 35.5. The first kappa shape index (κ1) is 19.5. The molecule has 0 unspecified atom stereocenters. The minimum absolute atomic E-state index is 0.211. The number of hydrogen-bond donors (Lipinski definition) is 1. The third-order valence-corrected chi connectivity index (χ3v) is 5.31. The summed E-state index contributed by atoms with van der Waals surface area (Å²) in [6, 6.07) is 12.4. The van der Waals surface area contributed by atoms with Gasteiger partial charge in [-0.05, 0) is 35.9 Å². The molecule has 3 rings (SSSR count). The van der Waals surface area contributed by atoms with Crippen molar-refractivity contribution in [3.63, 3.8) is 0 Å². The van der Waals surface area contributed by atoms with E-state index >= 15 is 0 Å². The van der Waals surface area contributed by atoms with Crippen LogP contribution in [0.4, 0.5) is 10.5 Å². The molecular weight excluding hydrogens is 387 g/mol.